The van der Waals surface area contributed by atoms with Crippen LogP contribution in [0.1, 0.15) is 19.3 Å². The van der Waals surface area contributed by atoms with Crippen molar-refractivity contribution in [2.45, 2.75) is 25.3 Å². The average molecular weight is 324 g/mol. The van der Waals surface area contributed by atoms with Crippen molar-refractivity contribution in [3.8, 4) is 0 Å². The van der Waals surface area contributed by atoms with Gasteiger partial charge in [-0.2, -0.15) is 0 Å². The minimum atomic E-state index is -0.946. The molecule has 2 fully saturated rings. The molecular formula is C16H18F2N2O3. The molecule has 0 aromatic heterocycles. The number of hydrogen-bond donors (Lipinski definition) is 2. The molecule has 1 saturated heterocycles. The van der Waals surface area contributed by atoms with Crippen molar-refractivity contribution in [2.24, 2.45) is 11.8 Å². The van der Waals surface area contributed by atoms with Crippen LogP contribution in [0.15, 0.2) is 18.2 Å². The molecule has 23 heavy (non-hydrogen) atoms. The Balaban J connectivity index is 1.60. The minimum absolute atomic E-state index is 0.0729. The van der Waals surface area contributed by atoms with Gasteiger partial charge >= 0.3 is 5.97 Å². The van der Waals surface area contributed by atoms with Gasteiger partial charge in [0.15, 0.2) is 0 Å². The van der Waals surface area contributed by atoms with Crippen LogP contribution in [0, 0.1) is 23.5 Å². The molecule has 5 nitrogen and oxygen atoms in total. The van der Waals surface area contributed by atoms with Gasteiger partial charge in [-0.1, -0.05) is 6.07 Å². The summed E-state index contributed by atoms with van der Waals surface area (Å²) in [6, 6.07) is 3.50. The number of carbonyl (C=O) groups excluding carboxylic acids is 1. The molecule has 0 spiro atoms. The third-order valence-electron chi connectivity index (χ3n) is 4.72. The highest BCUT2D eigenvalue weighted by atomic mass is 19.1. The van der Waals surface area contributed by atoms with Crippen molar-refractivity contribution in [3.63, 3.8) is 0 Å². The summed E-state index contributed by atoms with van der Waals surface area (Å²) < 4.78 is 27.6. The molecule has 1 aromatic carbocycles. The van der Waals surface area contributed by atoms with Gasteiger partial charge in [-0.3, -0.25) is 9.59 Å². The predicted octanol–water partition coefficient (Wildman–Crippen LogP) is 1.77. The van der Waals surface area contributed by atoms with E-state index in [4.69, 9.17) is 5.11 Å². The summed E-state index contributed by atoms with van der Waals surface area (Å²) in [5.41, 5.74) is -0.0729. The Morgan fingerprint density at radius 2 is 1.78 bits per heavy atom. The molecule has 3 rings (SSSR count). The largest absolute Gasteiger partial charge is 0.481 e. The lowest BCUT2D eigenvalue weighted by molar-refractivity contribution is -0.152. The predicted molar refractivity (Wildman–Crippen MR) is 79.0 cm³/mol. The van der Waals surface area contributed by atoms with E-state index in [0.717, 1.165) is 0 Å². The topological polar surface area (TPSA) is 69.6 Å². The van der Waals surface area contributed by atoms with Gasteiger partial charge in [-0.15, -0.1) is 0 Å². The molecule has 1 saturated carbocycles. The van der Waals surface area contributed by atoms with Crippen LogP contribution in [0.2, 0.25) is 0 Å². The first-order valence-electron chi connectivity index (χ1n) is 7.69. The van der Waals surface area contributed by atoms with Gasteiger partial charge in [-0.25, -0.2) is 8.78 Å². The third-order valence-corrected chi connectivity index (χ3v) is 4.72. The SMILES string of the molecule is O=C(O)C1CCC1C(=O)NC1CCN(c2c(F)cccc2F)C1. The van der Waals surface area contributed by atoms with E-state index in [-0.39, 0.29) is 17.6 Å². The molecule has 1 amide bonds. The first-order valence-corrected chi connectivity index (χ1v) is 7.69. The van der Waals surface area contributed by atoms with Crippen LogP contribution in [0.5, 0.6) is 0 Å². The Labute approximate surface area is 132 Å². The molecule has 1 aromatic rings. The molecule has 1 heterocycles. The smallest absolute Gasteiger partial charge is 0.307 e. The summed E-state index contributed by atoms with van der Waals surface area (Å²) in [7, 11) is 0. The van der Waals surface area contributed by atoms with E-state index in [1.165, 1.54) is 18.2 Å². The fourth-order valence-corrected chi connectivity index (χ4v) is 3.29. The number of carbonyl (C=O) groups is 2. The van der Waals surface area contributed by atoms with Crippen LogP contribution < -0.4 is 10.2 Å². The lowest BCUT2D eigenvalue weighted by Gasteiger charge is -2.32. The molecule has 2 aliphatic rings. The number of rotatable bonds is 4. The molecular weight excluding hydrogens is 306 g/mol. The maximum atomic E-state index is 13.8. The molecule has 124 valence electrons. The fraction of sp³-hybridized carbons (Fsp3) is 0.500. The van der Waals surface area contributed by atoms with Crippen LogP contribution in [-0.4, -0.2) is 36.1 Å². The summed E-state index contributed by atoms with van der Waals surface area (Å²) in [5.74, 6) is -3.57. The van der Waals surface area contributed by atoms with Gasteiger partial charge in [0.1, 0.15) is 17.3 Å². The maximum Gasteiger partial charge on any atom is 0.307 e. The van der Waals surface area contributed by atoms with Gasteiger partial charge in [-0.05, 0) is 31.4 Å². The van der Waals surface area contributed by atoms with Gasteiger partial charge in [0.2, 0.25) is 5.91 Å². The van der Waals surface area contributed by atoms with Crippen LogP contribution in [0.4, 0.5) is 14.5 Å². The number of halogens is 2. The number of amides is 1. The normalized spacial score (nSPS) is 26.7. The second-order valence-corrected chi connectivity index (χ2v) is 6.14. The molecule has 7 heteroatoms. The Hall–Kier alpha value is -2.18. The standard InChI is InChI=1S/C16H18F2N2O3/c17-12-2-1-3-13(18)14(12)20-7-6-9(8-20)19-15(21)10-4-5-11(10)16(22)23/h1-3,9-11H,4-8H2,(H,19,21)(H,22,23). The second kappa shape index (κ2) is 6.14. The third kappa shape index (κ3) is 3.00. The van der Waals surface area contributed by atoms with E-state index in [0.29, 0.717) is 32.4 Å². The quantitative estimate of drug-likeness (QED) is 0.886. The van der Waals surface area contributed by atoms with Crippen molar-refractivity contribution in [2.75, 3.05) is 18.0 Å². The number of para-hydroxylation sites is 1. The number of benzene rings is 1. The van der Waals surface area contributed by atoms with Crippen LogP contribution in [0.25, 0.3) is 0 Å². The van der Waals surface area contributed by atoms with Crippen LogP contribution in [0.3, 0.4) is 0 Å². The molecule has 1 aliphatic carbocycles. The Kier molecular flexibility index (Phi) is 4.19. The van der Waals surface area contributed by atoms with E-state index in [2.05, 4.69) is 5.32 Å². The molecule has 2 N–H and O–H groups in total. The number of nitrogens with one attached hydrogen (secondary N) is 1. The Morgan fingerprint density at radius 3 is 2.35 bits per heavy atom. The van der Waals surface area contributed by atoms with Gasteiger partial charge < -0.3 is 15.3 Å². The highest BCUT2D eigenvalue weighted by Gasteiger charge is 2.42. The molecule has 3 atom stereocenters. The molecule has 1 aliphatic heterocycles. The number of carboxylic acid groups (broad SMARTS) is 1. The second-order valence-electron chi connectivity index (χ2n) is 6.14. The van der Waals surface area contributed by atoms with Crippen LogP contribution in [-0.2, 0) is 9.59 Å². The highest BCUT2D eigenvalue weighted by Crippen LogP contribution is 2.35. The monoisotopic (exact) mass is 324 g/mol. The summed E-state index contributed by atoms with van der Waals surface area (Å²) in [6.07, 6.45) is 1.66. The van der Waals surface area contributed by atoms with Crippen molar-refractivity contribution in [3.05, 3.63) is 29.8 Å². The van der Waals surface area contributed by atoms with E-state index in [1.54, 1.807) is 4.90 Å². The summed E-state index contributed by atoms with van der Waals surface area (Å²) >= 11 is 0. The average Bonchev–Trinajstić information content (AvgIpc) is 2.84. The first kappa shape index (κ1) is 15.7. The van der Waals surface area contributed by atoms with Crippen LogP contribution >= 0.6 is 0 Å². The zero-order valence-electron chi connectivity index (χ0n) is 12.5. The van der Waals surface area contributed by atoms with Crippen molar-refractivity contribution >= 4 is 17.6 Å². The van der Waals surface area contributed by atoms with E-state index < -0.39 is 29.4 Å². The van der Waals surface area contributed by atoms with Crippen molar-refractivity contribution < 1.29 is 23.5 Å². The van der Waals surface area contributed by atoms with E-state index in [1.807, 2.05) is 0 Å². The Bertz CT molecular complexity index is 618. The number of hydrogen-bond acceptors (Lipinski definition) is 3. The number of aliphatic carboxylic acids is 1. The van der Waals surface area contributed by atoms with Crippen molar-refractivity contribution in [1.82, 2.24) is 5.32 Å². The van der Waals surface area contributed by atoms with Gasteiger partial charge in [0.05, 0.1) is 11.8 Å². The number of anilines is 1. The minimum Gasteiger partial charge on any atom is -0.481 e. The van der Waals surface area contributed by atoms with E-state index >= 15 is 0 Å². The lowest BCUT2D eigenvalue weighted by atomic mass is 9.73. The van der Waals surface area contributed by atoms with E-state index in [9.17, 15) is 18.4 Å². The highest BCUT2D eigenvalue weighted by molar-refractivity contribution is 5.86. The zero-order chi connectivity index (χ0) is 16.6. The molecule has 0 radical (unpaired) electrons. The van der Waals surface area contributed by atoms with Gasteiger partial charge in [0, 0.05) is 19.1 Å². The van der Waals surface area contributed by atoms with Gasteiger partial charge in [0.25, 0.3) is 0 Å². The maximum absolute atomic E-state index is 13.8. The molecule has 0 bridgehead atoms. The Morgan fingerprint density at radius 1 is 1.13 bits per heavy atom. The van der Waals surface area contributed by atoms with Crippen molar-refractivity contribution in [1.29, 1.82) is 0 Å². The summed E-state index contributed by atoms with van der Waals surface area (Å²) in [5, 5.41) is 11.8. The number of nitrogens with zero attached hydrogens (tertiary/aromatic N) is 1. The number of carboxylic acids is 1. The molecule has 3 unspecified atom stereocenters. The summed E-state index contributed by atoms with van der Waals surface area (Å²) in [4.78, 5) is 24.7. The lowest BCUT2D eigenvalue weighted by Crippen LogP contribution is -2.48. The fourth-order valence-electron chi connectivity index (χ4n) is 3.29. The summed E-state index contributed by atoms with van der Waals surface area (Å²) in [6.45, 7) is 0.754. The first-order chi connectivity index (χ1) is 11.0. The zero-order valence-corrected chi connectivity index (χ0v) is 12.5.